The minimum Gasteiger partial charge on any atom is -0.494 e. The van der Waals surface area contributed by atoms with Gasteiger partial charge in [0, 0.05) is 78.9 Å². The second-order valence-corrected chi connectivity index (χ2v) is 17.0. The molecular formula is C46H52Cl2N6O6. The highest BCUT2D eigenvalue weighted by Gasteiger charge is 2.39. The molecule has 14 heteroatoms. The van der Waals surface area contributed by atoms with E-state index in [1.807, 2.05) is 81.9 Å². The molecule has 60 heavy (non-hydrogen) atoms. The number of aryl methyl sites for hydroxylation is 6. The Kier molecular flexibility index (Phi) is 11.8. The molecule has 5 heterocycles. The summed E-state index contributed by atoms with van der Waals surface area (Å²) in [6, 6.07) is 13.4. The molecule has 0 saturated carbocycles. The lowest BCUT2D eigenvalue weighted by atomic mass is 9.98. The van der Waals surface area contributed by atoms with Gasteiger partial charge in [0.05, 0.1) is 60.5 Å². The van der Waals surface area contributed by atoms with Gasteiger partial charge in [0.2, 0.25) is 0 Å². The van der Waals surface area contributed by atoms with Gasteiger partial charge in [0.1, 0.15) is 11.4 Å². The number of fused-ring (bicyclic) bond motifs is 4. The van der Waals surface area contributed by atoms with Crippen molar-refractivity contribution < 1.29 is 28.9 Å². The summed E-state index contributed by atoms with van der Waals surface area (Å²) in [6.45, 7) is 15.6. The predicted octanol–water partition coefficient (Wildman–Crippen LogP) is 8.85. The number of hydrogen-bond acceptors (Lipinski definition) is 7. The minimum atomic E-state index is -1.11. The van der Waals surface area contributed by atoms with Crippen LogP contribution < -0.4 is 9.64 Å². The molecule has 1 fully saturated rings. The number of nitrogens with zero attached hydrogens (tertiary/aromatic N) is 6. The Morgan fingerprint density at radius 2 is 1.70 bits per heavy atom. The summed E-state index contributed by atoms with van der Waals surface area (Å²) < 4.78 is 23.5. The normalized spacial score (nSPS) is 16.1. The highest BCUT2D eigenvalue weighted by atomic mass is 35.5. The first-order chi connectivity index (χ1) is 28.8. The molecule has 0 aliphatic carbocycles. The fourth-order valence-electron chi connectivity index (χ4n) is 9.21. The molecule has 8 rings (SSSR count). The quantitative estimate of drug-likeness (QED) is 0.115. The van der Waals surface area contributed by atoms with Crippen molar-refractivity contribution in [2.75, 3.05) is 57.5 Å². The molecule has 1 N–H and O–H groups in total. The van der Waals surface area contributed by atoms with Gasteiger partial charge in [0.15, 0.2) is 5.69 Å². The van der Waals surface area contributed by atoms with E-state index in [1.165, 1.54) is 0 Å². The molecule has 1 amide bonds. The molecular weight excluding hydrogens is 803 g/mol. The van der Waals surface area contributed by atoms with E-state index in [9.17, 15) is 9.90 Å². The Morgan fingerprint density at radius 1 is 0.967 bits per heavy atom. The summed E-state index contributed by atoms with van der Waals surface area (Å²) >= 11 is 13.6. The van der Waals surface area contributed by atoms with Crippen molar-refractivity contribution in [3.63, 3.8) is 0 Å². The average Bonchev–Trinajstić information content (AvgIpc) is 3.80. The van der Waals surface area contributed by atoms with Gasteiger partial charge in [-0.2, -0.15) is 5.10 Å². The van der Waals surface area contributed by atoms with Crippen LogP contribution in [0.5, 0.6) is 5.75 Å². The van der Waals surface area contributed by atoms with Crippen LogP contribution in [0.25, 0.3) is 32.9 Å². The summed E-state index contributed by atoms with van der Waals surface area (Å²) in [5.41, 5.74) is 9.73. The van der Waals surface area contributed by atoms with Crippen LogP contribution in [0, 0.1) is 27.7 Å². The van der Waals surface area contributed by atoms with Crippen molar-refractivity contribution in [2.24, 2.45) is 14.1 Å². The van der Waals surface area contributed by atoms with Crippen molar-refractivity contribution in [1.29, 1.82) is 0 Å². The number of aromatic nitrogens is 4. The number of carboxylic acid groups (broad SMARTS) is 1. The Hall–Kier alpha value is -4.85. The zero-order chi connectivity index (χ0) is 42.6. The molecule has 0 bridgehead atoms. The zero-order valence-electron chi connectivity index (χ0n) is 35.3. The van der Waals surface area contributed by atoms with Gasteiger partial charge in [-0.3, -0.25) is 14.4 Å². The maximum atomic E-state index is 15.4. The second-order valence-electron chi connectivity index (χ2n) is 16.2. The summed E-state index contributed by atoms with van der Waals surface area (Å²) in [5, 5.41) is 18.4. The fourth-order valence-corrected chi connectivity index (χ4v) is 9.57. The molecule has 3 aromatic carbocycles. The summed E-state index contributed by atoms with van der Waals surface area (Å²) in [5.74, 6) is -0.641. The maximum absolute atomic E-state index is 15.4. The zero-order valence-corrected chi connectivity index (χ0v) is 36.8. The Bertz CT molecular complexity index is 2630. The van der Waals surface area contributed by atoms with Crippen molar-refractivity contribution >= 4 is 62.6 Å². The van der Waals surface area contributed by atoms with Crippen molar-refractivity contribution in [3.8, 4) is 16.9 Å². The van der Waals surface area contributed by atoms with E-state index in [4.69, 9.17) is 42.5 Å². The number of ether oxygens (including phenoxy) is 3. The van der Waals surface area contributed by atoms with E-state index in [-0.39, 0.29) is 24.2 Å². The molecule has 3 aromatic heterocycles. The summed E-state index contributed by atoms with van der Waals surface area (Å²) in [7, 11) is 3.66. The van der Waals surface area contributed by atoms with Crippen LogP contribution in [0.2, 0.25) is 10.0 Å². The minimum absolute atomic E-state index is 0.0503. The lowest BCUT2D eigenvalue weighted by molar-refractivity contribution is 0.0180. The van der Waals surface area contributed by atoms with Crippen molar-refractivity contribution in [1.82, 2.24) is 23.8 Å². The smallest absolute Gasteiger partial charge is 0.354 e. The van der Waals surface area contributed by atoms with Crippen molar-refractivity contribution in [3.05, 3.63) is 97.5 Å². The third-order valence-corrected chi connectivity index (χ3v) is 13.1. The fraction of sp³-hybridized carbons (Fsp3) is 0.413. The number of carbonyl (C=O) groups is 2. The van der Waals surface area contributed by atoms with Crippen LogP contribution in [0.15, 0.2) is 42.5 Å². The molecule has 6 aromatic rings. The Balaban J connectivity index is 1.21. The van der Waals surface area contributed by atoms with Gasteiger partial charge >= 0.3 is 5.97 Å². The standard InChI is InChI=1S/C46H52Cl2N6O6/c1-26-21-32(22-27(2)40(26)48)60-17-8-9-33-34-11-12-36(47)39(38-29(4)49-51(7)30(38)5)41(34)54-28(3)24-53(45(55)43(33)54)42-35-23-31(10-13-37(35)50(6)44(42)46(56)57)25-59-20-16-52-14-18-58-19-15-52/h10-13,21-23,28H,8-9,14-20,24-25H2,1-7H3,(H,56,57)/t28-/m1/s1. The van der Waals surface area contributed by atoms with Crippen LogP contribution in [-0.2, 0) is 36.6 Å². The largest absolute Gasteiger partial charge is 0.494 e. The van der Waals surface area contributed by atoms with Crippen LogP contribution in [0.1, 0.15) is 74.0 Å². The van der Waals surface area contributed by atoms with Gasteiger partial charge in [0.25, 0.3) is 5.91 Å². The van der Waals surface area contributed by atoms with Gasteiger partial charge < -0.3 is 33.4 Å². The molecule has 12 nitrogen and oxygen atoms in total. The van der Waals surface area contributed by atoms with E-state index < -0.39 is 5.97 Å². The SMILES string of the molecule is Cc1cc(OCCCc2c3n(c4c(-c5c(C)nn(C)c5C)c(Cl)ccc24)[C@H](C)CN(c2c(C(=O)O)n(C)c4ccc(COCCN5CCOCC5)cc24)C3=O)cc(C)c1Cl. The molecule has 2 aliphatic rings. The maximum Gasteiger partial charge on any atom is 0.354 e. The van der Waals surface area contributed by atoms with Crippen molar-refractivity contribution in [2.45, 2.75) is 60.1 Å². The van der Waals surface area contributed by atoms with Gasteiger partial charge in [-0.15, -0.1) is 0 Å². The average molecular weight is 856 g/mol. The number of aromatic carboxylic acids is 1. The van der Waals surface area contributed by atoms with Crippen LogP contribution in [0.3, 0.4) is 0 Å². The number of rotatable bonds is 13. The second kappa shape index (κ2) is 16.9. The van der Waals surface area contributed by atoms with E-state index in [0.717, 1.165) is 99.3 Å². The van der Waals surface area contributed by atoms with E-state index in [2.05, 4.69) is 16.4 Å². The first kappa shape index (κ1) is 41.9. The molecule has 0 spiro atoms. The van der Waals surface area contributed by atoms with Gasteiger partial charge in [-0.1, -0.05) is 35.3 Å². The predicted molar refractivity (Wildman–Crippen MR) is 237 cm³/mol. The van der Waals surface area contributed by atoms with E-state index >= 15 is 4.79 Å². The van der Waals surface area contributed by atoms with Crippen LogP contribution in [-0.4, -0.2) is 93.4 Å². The third-order valence-electron chi connectivity index (χ3n) is 12.2. The summed E-state index contributed by atoms with van der Waals surface area (Å²) in [4.78, 5) is 32.6. The van der Waals surface area contributed by atoms with E-state index in [1.54, 1.807) is 16.5 Å². The number of carboxylic acids is 1. The number of morpholine rings is 1. The topological polar surface area (TPSA) is 116 Å². The lowest BCUT2D eigenvalue weighted by Gasteiger charge is -2.34. The third kappa shape index (κ3) is 7.47. The van der Waals surface area contributed by atoms with Crippen LogP contribution in [0.4, 0.5) is 5.69 Å². The molecule has 2 aliphatic heterocycles. The molecule has 0 radical (unpaired) electrons. The van der Waals surface area contributed by atoms with Gasteiger partial charge in [-0.25, -0.2) is 4.79 Å². The first-order valence-electron chi connectivity index (χ1n) is 20.6. The highest BCUT2D eigenvalue weighted by Crippen LogP contribution is 2.46. The Morgan fingerprint density at radius 3 is 2.38 bits per heavy atom. The molecule has 1 atom stereocenters. The lowest BCUT2D eigenvalue weighted by Crippen LogP contribution is -2.43. The Labute approximate surface area is 360 Å². The highest BCUT2D eigenvalue weighted by molar-refractivity contribution is 6.35. The number of hydrogen-bond donors (Lipinski definition) is 1. The number of amides is 1. The summed E-state index contributed by atoms with van der Waals surface area (Å²) in [6.07, 6.45) is 1.14. The monoisotopic (exact) mass is 854 g/mol. The number of benzene rings is 3. The number of anilines is 1. The number of halogens is 2. The van der Waals surface area contributed by atoms with Gasteiger partial charge in [-0.05, 0) is 100 Å². The number of carbonyl (C=O) groups excluding carboxylic acids is 1. The first-order valence-corrected chi connectivity index (χ1v) is 21.3. The van der Waals surface area contributed by atoms with Crippen LogP contribution >= 0.6 is 23.2 Å². The van der Waals surface area contributed by atoms with E-state index in [0.29, 0.717) is 60.0 Å². The molecule has 1 saturated heterocycles. The molecule has 0 unspecified atom stereocenters. The molecule has 316 valence electrons.